The van der Waals surface area contributed by atoms with Gasteiger partial charge in [0.1, 0.15) is 11.2 Å². The number of rotatable bonds is 3. The third kappa shape index (κ3) is 4.58. The molecule has 1 nitrogen and oxygen atoms in total. The molecule has 0 unspecified atom stereocenters. The first kappa shape index (κ1) is 33.5. The van der Waals surface area contributed by atoms with Crippen LogP contribution in [0.15, 0.2) is 199 Å². The van der Waals surface area contributed by atoms with E-state index in [1.165, 1.54) is 115 Å². The van der Waals surface area contributed by atoms with E-state index in [0.29, 0.717) is 0 Å². The molecule has 1 aromatic heterocycles. The van der Waals surface area contributed by atoms with Gasteiger partial charge in [-0.15, -0.1) is 0 Å². The van der Waals surface area contributed by atoms with Crippen LogP contribution in [0.2, 0.25) is 0 Å². The average Bonchev–Trinajstić information content (AvgIpc) is 3.77. The molecule has 12 aromatic rings. The number of hydrogen-bond donors (Lipinski definition) is 0. The Labute approximate surface area is 347 Å². The zero-order valence-electron chi connectivity index (χ0n) is 33.4. The smallest absolute Gasteiger partial charge is 0.136 e. The van der Waals surface area contributed by atoms with Gasteiger partial charge in [0.2, 0.25) is 0 Å². The van der Waals surface area contributed by atoms with E-state index in [9.17, 15) is 0 Å². The van der Waals surface area contributed by atoms with Crippen LogP contribution >= 0.6 is 0 Å². The Bertz CT molecular complexity index is 3740. The Balaban J connectivity index is 1.01. The number of benzene rings is 11. The van der Waals surface area contributed by atoms with Crippen LogP contribution in [0, 0.1) is 0 Å². The Morgan fingerprint density at radius 2 is 0.850 bits per heavy atom. The minimum absolute atomic E-state index is 0.165. The quantitative estimate of drug-likeness (QED) is 0.163. The van der Waals surface area contributed by atoms with Crippen molar-refractivity contribution in [2.75, 3.05) is 0 Å². The lowest BCUT2D eigenvalue weighted by molar-refractivity contribution is 0.661. The summed E-state index contributed by atoms with van der Waals surface area (Å²) in [5.41, 5.74) is 14.7. The molecule has 0 amide bonds. The van der Waals surface area contributed by atoms with E-state index in [1.807, 2.05) is 6.07 Å². The topological polar surface area (TPSA) is 13.1 Å². The van der Waals surface area contributed by atoms with Crippen molar-refractivity contribution in [1.82, 2.24) is 0 Å². The van der Waals surface area contributed by atoms with E-state index in [-0.39, 0.29) is 5.41 Å². The molecule has 0 fully saturated rings. The van der Waals surface area contributed by atoms with Crippen molar-refractivity contribution in [2.24, 2.45) is 0 Å². The molecule has 1 heterocycles. The third-order valence-corrected chi connectivity index (χ3v) is 13.6. The van der Waals surface area contributed by atoms with Crippen molar-refractivity contribution in [3.63, 3.8) is 0 Å². The van der Waals surface area contributed by atoms with Crippen LogP contribution in [0.1, 0.15) is 25.0 Å². The summed E-state index contributed by atoms with van der Waals surface area (Å²) >= 11 is 0. The first-order valence-electron chi connectivity index (χ1n) is 21.0. The minimum Gasteiger partial charge on any atom is -0.456 e. The summed E-state index contributed by atoms with van der Waals surface area (Å²) < 4.78 is 6.31. The fourth-order valence-corrected chi connectivity index (χ4v) is 10.9. The number of hydrogen-bond acceptors (Lipinski definition) is 1. The molecule has 0 atom stereocenters. The van der Waals surface area contributed by atoms with Gasteiger partial charge in [-0.1, -0.05) is 184 Å². The summed E-state index contributed by atoms with van der Waals surface area (Å²) in [5.74, 6) is 0. The van der Waals surface area contributed by atoms with Gasteiger partial charge in [-0.25, -0.2) is 0 Å². The molecule has 0 N–H and O–H groups in total. The minimum atomic E-state index is -0.165. The van der Waals surface area contributed by atoms with Crippen LogP contribution in [0.5, 0.6) is 0 Å². The highest BCUT2D eigenvalue weighted by molar-refractivity contribution is 6.26. The summed E-state index contributed by atoms with van der Waals surface area (Å²) in [7, 11) is 0. The standard InChI is InChI=1S/C59H38O/c1-59(2)52-31-27-37-33-55-51(42-19-11-12-25-54(42)60-55)34-50(37)58(52)49-28-26-36(32-53(49)59)39-29-30-48(41-18-6-5-17-40(39)41)57-46-22-9-7-20-44(46)56(45-21-8-10-23-47(45)57)43-24-13-15-35-14-3-4-16-38(35)43/h3-34H,1-2H3. The van der Waals surface area contributed by atoms with Gasteiger partial charge >= 0.3 is 0 Å². The maximum Gasteiger partial charge on any atom is 0.136 e. The molecule has 11 aromatic carbocycles. The summed E-state index contributed by atoms with van der Waals surface area (Å²) in [4.78, 5) is 0. The van der Waals surface area contributed by atoms with Gasteiger partial charge in [0.15, 0.2) is 0 Å². The Kier molecular flexibility index (Phi) is 6.85. The molecule has 0 bridgehead atoms. The fourth-order valence-electron chi connectivity index (χ4n) is 10.9. The maximum absolute atomic E-state index is 6.31. The number of para-hydroxylation sites is 1. The van der Waals surface area contributed by atoms with Crippen molar-refractivity contribution in [2.45, 2.75) is 19.3 Å². The molecule has 0 aliphatic heterocycles. The summed E-state index contributed by atoms with van der Waals surface area (Å²) in [6, 6.07) is 72.0. The molecular formula is C59H38O. The summed E-state index contributed by atoms with van der Waals surface area (Å²) in [5, 5.41) is 14.9. The molecule has 1 aliphatic carbocycles. The van der Waals surface area contributed by atoms with E-state index in [1.54, 1.807) is 0 Å². The van der Waals surface area contributed by atoms with Crippen molar-refractivity contribution in [3.8, 4) is 44.5 Å². The second-order valence-corrected chi connectivity index (χ2v) is 17.1. The second kappa shape index (κ2) is 12.3. The molecule has 13 rings (SSSR count). The first-order chi connectivity index (χ1) is 29.5. The lowest BCUT2D eigenvalue weighted by Crippen LogP contribution is -2.15. The van der Waals surface area contributed by atoms with E-state index < -0.39 is 0 Å². The van der Waals surface area contributed by atoms with E-state index in [0.717, 1.165) is 16.6 Å². The van der Waals surface area contributed by atoms with Gasteiger partial charge < -0.3 is 4.42 Å². The molecular weight excluding hydrogens is 725 g/mol. The molecule has 1 aliphatic rings. The zero-order chi connectivity index (χ0) is 39.7. The highest BCUT2D eigenvalue weighted by Crippen LogP contribution is 2.54. The van der Waals surface area contributed by atoms with Crippen LogP contribution < -0.4 is 0 Å². The van der Waals surface area contributed by atoms with Crippen molar-refractivity contribution >= 4 is 75.8 Å². The Hall–Kier alpha value is -7.48. The van der Waals surface area contributed by atoms with Gasteiger partial charge in [-0.3, -0.25) is 0 Å². The van der Waals surface area contributed by atoms with Crippen molar-refractivity contribution in [1.29, 1.82) is 0 Å². The van der Waals surface area contributed by atoms with Crippen LogP contribution in [0.3, 0.4) is 0 Å². The fraction of sp³-hybridized carbons (Fsp3) is 0.0508. The van der Waals surface area contributed by atoms with Crippen molar-refractivity contribution < 1.29 is 4.42 Å². The average molecular weight is 763 g/mol. The molecule has 0 radical (unpaired) electrons. The molecule has 60 heavy (non-hydrogen) atoms. The third-order valence-electron chi connectivity index (χ3n) is 13.6. The molecule has 280 valence electrons. The van der Waals surface area contributed by atoms with Gasteiger partial charge in [0.05, 0.1) is 0 Å². The highest BCUT2D eigenvalue weighted by Gasteiger charge is 2.37. The van der Waals surface area contributed by atoms with Crippen molar-refractivity contribution in [3.05, 3.63) is 205 Å². The summed E-state index contributed by atoms with van der Waals surface area (Å²) in [6.45, 7) is 4.77. The largest absolute Gasteiger partial charge is 0.456 e. The van der Waals surface area contributed by atoms with Gasteiger partial charge in [-0.2, -0.15) is 0 Å². The second-order valence-electron chi connectivity index (χ2n) is 17.1. The predicted molar refractivity (Wildman–Crippen MR) is 255 cm³/mol. The monoisotopic (exact) mass is 762 g/mol. The van der Waals surface area contributed by atoms with E-state index in [2.05, 4.69) is 202 Å². The lowest BCUT2D eigenvalue weighted by Gasteiger charge is -2.23. The Morgan fingerprint density at radius 1 is 0.300 bits per heavy atom. The normalized spacial score (nSPS) is 13.3. The molecule has 0 saturated carbocycles. The Morgan fingerprint density at radius 3 is 1.57 bits per heavy atom. The molecule has 1 heteroatoms. The lowest BCUT2D eigenvalue weighted by atomic mass is 9.80. The van der Waals surface area contributed by atoms with Gasteiger partial charge in [0, 0.05) is 16.2 Å². The first-order valence-corrected chi connectivity index (χ1v) is 21.0. The highest BCUT2D eigenvalue weighted by atomic mass is 16.3. The molecule has 0 saturated heterocycles. The van der Waals surface area contributed by atoms with Crippen LogP contribution in [-0.4, -0.2) is 0 Å². The van der Waals surface area contributed by atoms with Crippen LogP contribution in [-0.2, 0) is 5.41 Å². The number of furan rings is 1. The maximum atomic E-state index is 6.31. The SMILES string of the molecule is CC1(C)c2cc(-c3ccc(-c4c5ccccc5c(-c5cccc6ccccc56)c5ccccc45)c4ccccc34)ccc2-c2c1ccc1cc3oc4ccccc4c3cc21. The number of fused-ring (bicyclic) bond motifs is 12. The predicted octanol–water partition coefficient (Wildman–Crippen LogP) is 16.7. The van der Waals surface area contributed by atoms with E-state index in [4.69, 9.17) is 4.42 Å². The van der Waals surface area contributed by atoms with Gasteiger partial charge in [0.25, 0.3) is 0 Å². The molecule has 0 spiro atoms. The summed E-state index contributed by atoms with van der Waals surface area (Å²) in [6.07, 6.45) is 0. The van der Waals surface area contributed by atoms with Crippen LogP contribution in [0.4, 0.5) is 0 Å². The van der Waals surface area contributed by atoms with Gasteiger partial charge in [-0.05, 0) is 134 Å². The van der Waals surface area contributed by atoms with E-state index >= 15 is 0 Å². The zero-order valence-corrected chi connectivity index (χ0v) is 33.4. The van der Waals surface area contributed by atoms with Crippen LogP contribution in [0.25, 0.3) is 120 Å².